The summed E-state index contributed by atoms with van der Waals surface area (Å²) in [4.78, 5) is 8.65. The molecular formula is C14H11N3O. The molecule has 0 spiro atoms. The van der Waals surface area contributed by atoms with Crippen molar-refractivity contribution in [1.82, 2.24) is 9.97 Å². The highest BCUT2D eigenvalue weighted by Crippen LogP contribution is 2.25. The molecule has 4 nitrogen and oxygen atoms in total. The van der Waals surface area contributed by atoms with Gasteiger partial charge in [-0.1, -0.05) is 24.3 Å². The van der Waals surface area contributed by atoms with Crippen LogP contribution >= 0.6 is 0 Å². The molecule has 4 heteroatoms. The summed E-state index contributed by atoms with van der Waals surface area (Å²) < 4.78 is 5.62. The third-order valence-electron chi connectivity index (χ3n) is 2.56. The Kier molecular flexibility index (Phi) is 2.53. The third-order valence-corrected chi connectivity index (χ3v) is 2.56. The van der Waals surface area contributed by atoms with Gasteiger partial charge in [-0.15, -0.1) is 0 Å². The van der Waals surface area contributed by atoms with Crippen molar-refractivity contribution in [2.75, 3.05) is 5.73 Å². The maximum Gasteiger partial charge on any atom is 0.238 e. The lowest BCUT2D eigenvalue weighted by atomic mass is 10.3. The highest BCUT2D eigenvalue weighted by atomic mass is 16.5. The zero-order valence-electron chi connectivity index (χ0n) is 9.58. The molecule has 0 unspecified atom stereocenters. The fourth-order valence-electron chi connectivity index (χ4n) is 1.68. The number of para-hydroxylation sites is 4. The van der Waals surface area contributed by atoms with Crippen LogP contribution in [0.4, 0.5) is 5.69 Å². The van der Waals surface area contributed by atoms with Crippen LogP contribution in [-0.2, 0) is 0 Å². The Hall–Kier alpha value is -2.62. The molecule has 1 aromatic heterocycles. The van der Waals surface area contributed by atoms with Crippen LogP contribution in [-0.4, -0.2) is 9.97 Å². The average molecular weight is 237 g/mol. The number of hydrogen-bond donors (Lipinski definition) is 1. The van der Waals surface area contributed by atoms with Gasteiger partial charge in [-0.05, 0) is 24.3 Å². The maximum atomic E-state index is 5.81. The van der Waals surface area contributed by atoms with Crippen LogP contribution < -0.4 is 10.5 Å². The lowest BCUT2D eigenvalue weighted by Gasteiger charge is -2.07. The van der Waals surface area contributed by atoms with E-state index in [9.17, 15) is 0 Å². The summed E-state index contributed by atoms with van der Waals surface area (Å²) in [5, 5.41) is 0. The molecule has 88 valence electrons. The summed E-state index contributed by atoms with van der Waals surface area (Å²) >= 11 is 0. The Morgan fingerprint density at radius 1 is 0.889 bits per heavy atom. The molecule has 0 aliphatic carbocycles. The Morgan fingerprint density at radius 2 is 1.61 bits per heavy atom. The van der Waals surface area contributed by atoms with Crippen molar-refractivity contribution < 1.29 is 4.74 Å². The molecule has 3 aromatic rings. The Balaban J connectivity index is 1.98. The number of nitrogen functional groups attached to an aromatic ring is 1. The molecule has 0 bridgehead atoms. The van der Waals surface area contributed by atoms with E-state index in [1.54, 1.807) is 18.3 Å². The van der Waals surface area contributed by atoms with E-state index in [4.69, 9.17) is 10.5 Å². The fourth-order valence-corrected chi connectivity index (χ4v) is 1.68. The molecule has 0 saturated carbocycles. The van der Waals surface area contributed by atoms with Crippen LogP contribution in [0.5, 0.6) is 11.6 Å². The van der Waals surface area contributed by atoms with Crippen molar-refractivity contribution in [3.05, 3.63) is 54.7 Å². The van der Waals surface area contributed by atoms with Gasteiger partial charge in [-0.25, -0.2) is 9.97 Å². The predicted molar refractivity (Wildman–Crippen MR) is 70.5 cm³/mol. The minimum atomic E-state index is 0.437. The van der Waals surface area contributed by atoms with Crippen LogP contribution in [0, 0.1) is 0 Å². The lowest BCUT2D eigenvalue weighted by Crippen LogP contribution is -1.94. The first kappa shape index (κ1) is 10.5. The number of nitrogens with zero attached hydrogens (tertiary/aromatic N) is 2. The van der Waals surface area contributed by atoms with Crippen molar-refractivity contribution in [3.8, 4) is 11.6 Å². The van der Waals surface area contributed by atoms with Gasteiger partial charge in [0.1, 0.15) is 0 Å². The summed E-state index contributed by atoms with van der Waals surface area (Å²) in [6.07, 6.45) is 1.59. The van der Waals surface area contributed by atoms with Crippen molar-refractivity contribution in [3.63, 3.8) is 0 Å². The Morgan fingerprint density at radius 3 is 2.44 bits per heavy atom. The van der Waals surface area contributed by atoms with E-state index in [2.05, 4.69) is 9.97 Å². The number of rotatable bonds is 2. The summed E-state index contributed by atoms with van der Waals surface area (Å²) in [5.41, 5.74) is 8.02. The van der Waals surface area contributed by atoms with E-state index >= 15 is 0 Å². The minimum absolute atomic E-state index is 0.437. The van der Waals surface area contributed by atoms with E-state index in [1.165, 1.54) is 0 Å². The van der Waals surface area contributed by atoms with Crippen LogP contribution in [0.15, 0.2) is 54.7 Å². The van der Waals surface area contributed by atoms with Crippen molar-refractivity contribution in [1.29, 1.82) is 0 Å². The van der Waals surface area contributed by atoms with Crippen molar-refractivity contribution >= 4 is 16.7 Å². The molecule has 3 rings (SSSR count). The average Bonchev–Trinajstić information content (AvgIpc) is 2.41. The van der Waals surface area contributed by atoms with E-state index in [1.807, 2.05) is 36.4 Å². The van der Waals surface area contributed by atoms with Gasteiger partial charge in [0, 0.05) is 0 Å². The molecule has 2 aromatic carbocycles. The normalized spacial score (nSPS) is 10.4. The van der Waals surface area contributed by atoms with Gasteiger partial charge in [-0.3, -0.25) is 0 Å². The first-order chi connectivity index (χ1) is 8.83. The molecule has 18 heavy (non-hydrogen) atoms. The molecular weight excluding hydrogens is 226 g/mol. The highest BCUT2D eigenvalue weighted by Gasteiger charge is 2.03. The second-order valence-corrected chi connectivity index (χ2v) is 3.84. The Labute approximate surface area is 104 Å². The highest BCUT2D eigenvalue weighted by molar-refractivity contribution is 5.74. The van der Waals surface area contributed by atoms with E-state index in [-0.39, 0.29) is 0 Å². The standard InChI is InChI=1S/C14H11N3O/c15-10-5-1-4-8-13(10)18-14-9-16-11-6-2-3-7-12(11)17-14/h1-9H,15H2. The van der Waals surface area contributed by atoms with Gasteiger partial charge >= 0.3 is 0 Å². The molecule has 2 N–H and O–H groups in total. The SMILES string of the molecule is Nc1ccccc1Oc1cnc2ccccc2n1. The Bertz CT molecular complexity index is 697. The quantitative estimate of drug-likeness (QED) is 0.696. The zero-order valence-corrected chi connectivity index (χ0v) is 9.58. The van der Waals surface area contributed by atoms with E-state index in [0.29, 0.717) is 17.3 Å². The van der Waals surface area contributed by atoms with Gasteiger partial charge in [0.15, 0.2) is 5.75 Å². The predicted octanol–water partition coefficient (Wildman–Crippen LogP) is 3.00. The smallest absolute Gasteiger partial charge is 0.238 e. The maximum absolute atomic E-state index is 5.81. The topological polar surface area (TPSA) is 61.0 Å². The minimum Gasteiger partial charge on any atom is -0.435 e. The van der Waals surface area contributed by atoms with Crippen LogP contribution in [0.1, 0.15) is 0 Å². The molecule has 0 aliphatic rings. The van der Waals surface area contributed by atoms with E-state index < -0.39 is 0 Å². The zero-order chi connectivity index (χ0) is 12.4. The molecule has 1 heterocycles. The van der Waals surface area contributed by atoms with Crippen molar-refractivity contribution in [2.24, 2.45) is 0 Å². The lowest BCUT2D eigenvalue weighted by molar-refractivity contribution is 0.465. The summed E-state index contributed by atoms with van der Waals surface area (Å²) in [7, 11) is 0. The number of hydrogen-bond acceptors (Lipinski definition) is 4. The third kappa shape index (κ3) is 1.96. The molecule has 0 amide bonds. The largest absolute Gasteiger partial charge is 0.435 e. The molecule has 0 radical (unpaired) electrons. The summed E-state index contributed by atoms with van der Waals surface area (Å²) in [5.74, 6) is 1.02. The number of fused-ring (bicyclic) bond motifs is 1. The van der Waals surface area contributed by atoms with Crippen molar-refractivity contribution in [2.45, 2.75) is 0 Å². The number of aromatic nitrogens is 2. The summed E-state index contributed by atoms with van der Waals surface area (Å²) in [6, 6.07) is 14.9. The number of anilines is 1. The second kappa shape index (κ2) is 4.33. The van der Waals surface area contributed by atoms with Gasteiger partial charge in [0.2, 0.25) is 5.88 Å². The van der Waals surface area contributed by atoms with Crippen LogP contribution in [0.25, 0.3) is 11.0 Å². The summed E-state index contributed by atoms with van der Waals surface area (Å²) in [6.45, 7) is 0. The van der Waals surface area contributed by atoms with E-state index in [0.717, 1.165) is 11.0 Å². The molecule has 0 saturated heterocycles. The van der Waals surface area contributed by atoms with Crippen LogP contribution in [0.3, 0.4) is 0 Å². The van der Waals surface area contributed by atoms with Gasteiger partial charge in [0.25, 0.3) is 0 Å². The number of ether oxygens (including phenoxy) is 1. The first-order valence-corrected chi connectivity index (χ1v) is 5.57. The fraction of sp³-hybridized carbons (Fsp3) is 0. The number of nitrogens with two attached hydrogens (primary N) is 1. The second-order valence-electron chi connectivity index (χ2n) is 3.84. The van der Waals surface area contributed by atoms with Gasteiger partial charge < -0.3 is 10.5 Å². The number of benzene rings is 2. The monoisotopic (exact) mass is 237 g/mol. The molecule has 0 aliphatic heterocycles. The molecule has 0 atom stereocenters. The molecule has 0 fully saturated rings. The van der Waals surface area contributed by atoms with Crippen LogP contribution in [0.2, 0.25) is 0 Å². The van der Waals surface area contributed by atoms with Gasteiger partial charge in [0.05, 0.1) is 22.9 Å². The van der Waals surface area contributed by atoms with Gasteiger partial charge in [-0.2, -0.15) is 0 Å². The first-order valence-electron chi connectivity index (χ1n) is 5.57.